The molecule has 2 heterocycles. The van der Waals surface area contributed by atoms with Crippen LogP contribution in [-0.4, -0.2) is 37.1 Å². The summed E-state index contributed by atoms with van der Waals surface area (Å²) in [5, 5.41) is 17.9. The number of hydrogen-bond donors (Lipinski definition) is 3. The third-order valence-corrected chi connectivity index (χ3v) is 2.91. The molecule has 2 aromatic rings. The van der Waals surface area contributed by atoms with Crippen LogP contribution in [0.5, 0.6) is 0 Å². The Morgan fingerprint density at radius 2 is 2.15 bits per heavy atom. The van der Waals surface area contributed by atoms with Crippen LogP contribution in [0.2, 0.25) is 0 Å². The van der Waals surface area contributed by atoms with Crippen LogP contribution in [0.25, 0.3) is 0 Å². The Balaban J connectivity index is 1.74. The van der Waals surface area contributed by atoms with Crippen molar-refractivity contribution in [3.8, 4) is 0 Å². The zero-order valence-electron chi connectivity index (χ0n) is 10.3. The highest BCUT2D eigenvalue weighted by atomic mass is 16.4. The topological polar surface area (TPSA) is 121 Å². The Kier molecular flexibility index (Phi) is 2.90. The molecule has 3 N–H and O–H groups in total. The van der Waals surface area contributed by atoms with Crippen LogP contribution < -0.4 is 5.32 Å². The van der Waals surface area contributed by atoms with Crippen molar-refractivity contribution < 1.29 is 14.7 Å². The smallest absolute Gasteiger partial charge is 0.337 e. The first-order chi connectivity index (χ1) is 9.63. The Morgan fingerprint density at radius 3 is 2.85 bits per heavy atom. The number of rotatable bonds is 4. The first-order valence-corrected chi connectivity index (χ1v) is 6.05. The molecule has 8 nitrogen and oxygen atoms in total. The maximum Gasteiger partial charge on any atom is 0.337 e. The summed E-state index contributed by atoms with van der Waals surface area (Å²) in [5.74, 6) is -0.485. The number of anilines is 1. The highest BCUT2D eigenvalue weighted by molar-refractivity contribution is 6.02. The van der Waals surface area contributed by atoms with Gasteiger partial charge in [0.2, 0.25) is 5.82 Å². The maximum atomic E-state index is 11.9. The number of aromatic nitrogens is 4. The minimum atomic E-state index is -1.11. The van der Waals surface area contributed by atoms with E-state index in [1.807, 2.05) is 0 Å². The van der Waals surface area contributed by atoms with E-state index in [2.05, 4.69) is 25.5 Å². The molecule has 20 heavy (non-hydrogen) atoms. The van der Waals surface area contributed by atoms with Crippen molar-refractivity contribution >= 4 is 17.6 Å². The first-order valence-electron chi connectivity index (χ1n) is 6.05. The summed E-state index contributed by atoms with van der Waals surface area (Å²) >= 11 is 0. The number of H-pyrrole nitrogens is 1. The molecule has 0 aliphatic heterocycles. The van der Waals surface area contributed by atoms with Crippen molar-refractivity contribution in [1.29, 1.82) is 0 Å². The minimum absolute atomic E-state index is 0.00328. The van der Waals surface area contributed by atoms with Gasteiger partial charge in [0.15, 0.2) is 0 Å². The molecule has 2 aromatic heterocycles. The average molecular weight is 273 g/mol. The van der Waals surface area contributed by atoms with Crippen LogP contribution in [0.15, 0.2) is 18.5 Å². The lowest BCUT2D eigenvalue weighted by Gasteiger charge is -2.02. The van der Waals surface area contributed by atoms with Crippen molar-refractivity contribution in [3.63, 3.8) is 0 Å². The third kappa shape index (κ3) is 2.48. The Labute approximate surface area is 113 Å². The molecule has 1 fully saturated rings. The van der Waals surface area contributed by atoms with Gasteiger partial charge in [-0.2, -0.15) is 0 Å². The van der Waals surface area contributed by atoms with Crippen molar-refractivity contribution in [2.45, 2.75) is 18.8 Å². The third-order valence-electron chi connectivity index (χ3n) is 2.91. The predicted molar refractivity (Wildman–Crippen MR) is 67.5 cm³/mol. The molecule has 1 saturated carbocycles. The standard InChI is InChI=1S/C12H11N5O3/c18-11(10-15-9(16-17-10)6-1-2-6)14-8-3-7(12(19)20)4-13-5-8/h3-6H,1-2H2,(H,14,18)(H,19,20)(H,15,16,17). The Bertz CT molecular complexity index is 677. The maximum absolute atomic E-state index is 11.9. The predicted octanol–water partition coefficient (Wildman–Crippen LogP) is 1.03. The van der Waals surface area contributed by atoms with E-state index in [-0.39, 0.29) is 17.1 Å². The summed E-state index contributed by atoms with van der Waals surface area (Å²) in [6.07, 6.45) is 4.68. The van der Waals surface area contributed by atoms with Crippen molar-refractivity contribution in [1.82, 2.24) is 20.2 Å². The molecule has 8 heteroatoms. The van der Waals surface area contributed by atoms with Crippen molar-refractivity contribution in [2.75, 3.05) is 5.32 Å². The summed E-state index contributed by atoms with van der Waals surface area (Å²) in [5.41, 5.74) is 0.282. The quantitative estimate of drug-likeness (QED) is 0.764. The second-order valence-electron chi connectivity index (χ2n) is 4.54. The molecular formula is C12H11N5O3. The van der Waals surface area contributed by atoms with Gasteiger partial charge in [-0.1, -0.05) is 0 Å². The van der Waals surface area contributed by atoms with E-state index < -0.39 is 11.9 Å². The van der Waals surface area contributed by atoms with E-state index in [9.17, 15) is 9.59 Å². The van der Waals surface area contributed by atoms with Gasteiger partial charge in [0.05, 0.1) is 17.4 Å². The van der Waals surface area contributed by atoms with Gasteiger partial charge >= 0.3 is 5.97 Å². The molecule has 1 aliphatic rings. The summed E-state index contributed by atoms with van der Waals surface area (Å²) in [4.78, 5) is 30.6. The highest BCUT2D eigenvalue weighted by Gasteiger charge is 2.28. The molecule has 0 radical (unpaired) electrons. The van der Waals surface area contributed by atoms with Gasteiger partial charge in [-0.3, -0.25) is 14.9 Å². The van der Waals surface area contributed by atoms with Gasteiger partial charge in [0.25, 0.3) is 5.91 Å². The Morgan fingerprint density at radius 1 is 1.35 bits per heavy atom. The fourth-order valence-electron chi connectivity index (χ4n) is 1.73. The zero-order valence-corrected chi connectivity index (χ0v) is 10.3. The van der Waals surface area contributed by atoms with Gasteiger partial charge in [-0.15, -0.1) is 5.10 Å². The van der Waals surface area contributed by atoms with Gasteiger partial charge in [-0.05, 0) is 18.9 Å². The Hall–Kier alpha value is -2.77. The lowest BCUT2D eigenvalue weighted by atomic mass is 10.2. The number of carbonyl (C=O) groups excluding carboxylic acids is 1. The second kappa shape index (κ2) is 4.72. The van der Waals surface area contributed by atoms with Crippen LogP contribution >= 0.6 is 0 Å². The lowest BCUT2D eigenvalue weighted by Crippen LogP contribution is -2.14. The average Bonchev–Trinajstić information content (AvgIpc) is 3.16. The largest absolute Gasteiger partial charge is 0.478 e. The monoisotopic (exact) mass is 273 g/mol. The number of nitrogens with one attached hydrogen (secondary N) is 2. The van der Waals surface area contributed by atoms with Gasteiger partial charge in [0.1, 0.15) is 5.82 Å². The summed E-state index contributed by atoms with van der Waals surface area (Å²) in [6, 6.07) is 1.32. The zero-order chi connectivity index (χ0) is 14.1. The molecule has 0 atom stereocenters. The number of amides is 1. The van der Waals surface area contributed by atoms with E-state index in [0.29, 0.717) is 11.7 Å². The van der Waals surface area contributed by atoms with Crippen LogP contribution in [0, 0.1) is 0 Å². The van der Waals surface area contributed by atoms with Gasteiger partial charge in [-0.25, -0.2) is 9.78 Å². The van der Waals surface area contributed by atoms with Crippen molar-refractivity contribution in [2.24, 2.45) is 0 Å². The fourth-order valence-corrected chi connectivity index (χ4v) is 1.73. The molecule has 0 unspecified atom stereocenters. The van der Waals surface area contributed by atoms with E-state index >= 15 is 0 Å². The molecular weight excluding hydrogens is 262 g/mol. The molecule has 0 aromatic carbocycles. The summed E-state index contributed by atoms with van der Waals surface area (Å²) in [7, 11) is 0. The molecule has 102 valence electrons. The molecule has 0 saturated heterocycles. The number of aromatic amines is 1. The molecule has 0 bridgehead atoms. The second-order valence-corrected chi connectivity index (χ2v) is 4.54. The molecule has 0 spiro atoms. The number of pyridine rings is 1. The fraction of sp³-hybridized carbons (Fsp3) is 0.250. The number of hydrogen-bond acceptors (Lipinski definition) is 5. The molecule has 1 amide bonds. The van der Waals surface area contributed by atoms with Crippen LogP contribution in [-0.2, 0) is 0 Å². The SMILES string of the molecule is O=C(O)c1cncc(NC(=O)c2n[nH]c(C3CC3)n2)c1. The van der Waals surface area contributed by atoms with E-state index in [1.54, 1.807) is 0 Å². The molecule has 3 rings (SSSR count). The normalized spacial score (nSPS) is 14.0. The number of carboxylic acid groups (broad SMARTS) is 1. The first kappa shape index (κ1) is 12.3. The highest BCUT2D eigenvalue weighted by Crippen LogP contribution is 2.37. The van der Waals surface area contributed by atoms with E-state index in [1.165, 1.54) is 18.5 Å². The lowest BCUT2D eigenvalue weighted by molar-refractivity contribution is 0.0696. The van der Waals surface area contributed by atoms with Crippen LogP contribution in [0.1, 0.15) is 45.6 Å². The van der Waals surface area contributed by atoms with Gasteiger partial charge in [0, 0.05) is 12.1 Å². The van der Waals surface area contributed by atoms with Crippen LogP contribution in [0.4, 0.5) is 5.69 Å². The number of aromatic carboxylic acids is 1. The summed E-state index contributed by atoms with van der Waals surface area (Å²) < 4.78 is 0. The minimum Gasteiger partial charge on any atom is -0.478 e. The van der Waals surface area contributed by atoms with E-state index in [0.717, 1.165) is 12.8 Å². The number of nitrogens with zero attached hydrogens (tertiary/aromatic N) is 3. The van der Waals surface area contributed by atoms with Gasteiger partial charge < -0.3 is 10.4 Å². The van der Waals surface area contributed by atoms with Crippen LogP contribution in [0.3, 0.4) is 0 Å². The van der Waals surface area contributed by atoms with Crippen molar-refractivity contribution in [3.05, 3.63) is 35.7 Å². The van der Waals surface area contributed by atoms with E-state index in [4.69, 9.17) is 5.11 Å². The number of carboxylic acids is 1. The number of carbonyl (C=O) groups is 2. The summed E-state index contributed by atoms with van der Waals surface area (Å²) in [6.45, 7) is 0. The molecule has 1 aliphatic carbocycles.